The molecule has 4 nitrogen and oxygen atoms in total. The molecule has 1 saturated heterocycles. The molecule has 5 heteroatoms. The van der Waals surface area contributed by atoms with Crippen LogP contribution in [-0.2, 0) is 11.2 Å². The van der Waals surface area contributed by atoms with Crippen LogP contribution >= 0.6 is 12.4 Å². The zero-order valence-corrected chi connectivity index (χ0v) is 12.3. The molecule has 1 aromatic rings. The highest BCUT2D eigenvalue weighted by molar-refractivity contribution is 5.95. The number of fused-ring (bicyclic) bond motifs is 1. The molecular formula is C15H21ClN2O2. The van der Waals surface area contributed by atoms with Crippen LogP contribution in [-0.4, -0.2) is 25.1 Å². The number of ether oxygens (including phenoxy) is 1. The lowest BCUT2D eigenvalue weighted by atomic mass is 10.0. The molecule has 2 aliphatic rings. The summed E-state index contributed by atoms with van der Waals surface area (Å²) >= 11 is 0. The summed E-state index contributed by atoms with van der Waals surface area (Å²) in [4.78, 5) is 12.1. The summed E-state index contributed by atoms with van der Waals surface area (Å²) in [6.45, 7) is 1.74. The van der Waals surface area contributed by atoms with Crippen molar-refractivity contribution in [1.29, 1.82) is 0 Å². The van der Waals surface area contributed by atoms with Gasteiger partial charge in [-0.05, 0) is 56.0 Å². The number of benzene rings is 1. The molecule has 3 rings (SSSR count). The third-order valence-corrected chi connectivity index (χ3v) is 3.80. The molecule has 1 aromatic carbocycles. The van der Waals surface area contributed by atoms with Crippen LogP contribution in [0.3, 0.4) is 0 Å². The van der Waals surface area contributed by atoms with Gasteiger partial charge in [-0.2, -0.15) is 0 Å². The second-order valence-corrected chi connectivity index (χ2v) is 5.27. The van der Waals surface area contributed by atoms with Gasteiger partial charge >= 0.3 is 0 Å². The normalized spacial score (nSPS) is 21.1. The van der Waals surface area contributed by atoms with Crippen LogP contribution in [0.1, 0.15) is 31.2 Å². The molecule has 2 aliphatic heterocycles. The monoisotopic (exact) mass is 296 g/mol. The molecule has 0 aromatic heterocycles. The number of hydrogen-bond donors (Lipinski definition) is 2. The number of amides is 1. The fourth-order valence-corrected chi connectivity index (χ4v) is 2.74. The van der Waals surface area contributed by atoms with Crippen molar-refractivity contribution in [3.8, 4) is 5.75 Å². The van der Waals surface area contributed by atoms with Crippen LogP contribution in [0, 0.1) is 0 Å². The minimum atomic E-state index is -0.0407. The Morgan fingerprint density at radius 2 is 2.20 bits per heavy atom. The van der Waals surface area contributed by atoms with E-state index in [4.69, 9.17) is 4.74 Å². The van der Waals surface area contributed by atoms with Gasteiger partial charge in [-0.15, -0.1) is 12.4 Å². The average Bonchev–Trinajstić information content (AvgIpc) is 2.48. The fraction of sp³-hybridized carbons (Fsp3) is 0.533. The molecular weight excluding hydrogens is 276 g/mol. The third kappa shape index (κ3) is 3.44. The zero-order valence-electron chi connectivity index (χ0n) is 11.5. The molecule has 110 valence electrons. The van der Waals surface area contributed by atoms with Gasteiger partial charge in [0.05, 0.1) is 12.6 Å². The van der Waals surface area contributed by atoms with E-state index in [1.807, 2.05) is 18.2 Å². The number of anilines is 1. The highest BCUT2D eigenvalue weighted by Crippen LogP contribution is 2.27. The molecule has 0 aliphatic carbocycles. The van der Waals surface area contributed by atoms with Gasteiger partial charge in [-0.25, -0.2) is 0 Å². The number of nitrogens with one attached hydrogen (secondary N) is 2. The summed E-state index contributed by atoms with van der Waals surface area (Å²) in [6.07, 6.45) is 5.30. The molecule has 2 N–H and O–H groups in total. The lowest BCUT2D eigenvalue weighted by Crippen LogP contribution is -2.43. The van der Waals surface area contributed by atoms with Crippen molar-refractivity contribution in [2.45, 2.75) is 38.1 Å². The lowest BCUT2D eigenvalue weighted by molar-refractivity contribution is -0.118. The molecule has 0 radical (unpaired) electrons. The van der Waals surface area contributed by atoms with Gasteiger partial charge in [-0.1, -0.05) is 6.42 Å². The molecule has 1 fully saturated rings. The highest BCUT2D eigenvalue weighted by atomic mass is 35.5. The van der Waals surface area contributed by atoms with Crippen molar-refractivity contribution in [2.24, 2.45) is 0 Å². The van der Waals surface area contributed by atoms with E-state index < -0.39 is 0 Å². The van der Waals surface area contributed by atoms with E-state index in [1.54, 1.807) is 0 Å². The van der Waals surface area contributed by atoms with Gasteiger partial charge in [0.1, 0.15) is 5.75 Å². The Bertz CT molecular complexity index is 473. The van der Waals surface area contributed by atoms with Crippen molar-refractivity contribution in [1.82, 2.24) is 5.32 Å². The van der Waals surface area contributed by atoms with Crippen LogP contribution < -0.4 is 15.4 Å². The molecule has 20 heavy (non-hydrogen) atoms. The fourth-order valence-electron chi connectivity index (χ4n) is 2.74. The van der Waals surface area contributed by atoms with E-state index in [1.165, 1.54) is 12.0 Å². The lowest BCUT2D eigenvalue weighted by Gasteiger charge is -2.23. The van der Waals surface area contributed by atoms with Gasteiger partial charge < -0.3 is 15.4 Å². The van der Waals surface area contributed by atoms with Crippen LogP contribution in [0.5, 0.6) is 5.75 Å². The Balaban J connectivity index is 0.00000147. The van der Waals surface area contributed by atoms with Crippen molar-refractivity contribution < 1.29 is 9.53 Å². The standard InChI is InChI=1S/C15H20N2O2.ClH/c18-15(13-5-1-2-8-16-13)17-12-6-7-14-11(10-12)4-3-9-19-14;/h6-7,10,13,16H,1-5,8-9H2,(H,17,18);1H. The summed E-state index contributed by atoms with van der Waals surface area (Å²) in [6, 6.07) is 5.87. The minimum Gasteiger partial charge on any atom is -0.493 e. The van der Waals surface area contributed by atoms with E-state index in [0.29, 0.717) is 0 Å². The highest BCUT2D eigenvalue weighted by Gasteiger charge is 2.20. The van der Waals surface area contributed by atoms with Crippen LogP contribution in [0.25, 0.3) is 0 Å². The molecule has 0 bridgehead atoms. The molecule has 0 spiro atoms. The van der Waals surface area contributed by atoms with E-state index in [2.05, 4.69) is 10.6 Å². The maximum absolute atomic E-state index is 12.1. The largest absolute Gasteiger partial charge is 0.493 e. The van der Waals surface area contributed by atoms with Crippen molar-refractivity contribution in [2.75, 3.05) is 18.5 Å². The average molecular weight is 297 g/mol. The Morgan fingerprint density at radius 1 is 1.30 bits per heavy atom. The van der Waals surface area contributed by atoms with Crippen molar-refractivity contribution in [3.05, 3.63) is 23.8 Å². The smallest absolute Gasteiger partial charge is 0.241 e. The summed E-state index contributed by atoms with van der Waals surface area (Å²) < 4.78 is 5.57. The SMILES string of the molecule is Cl.O=C(Nc1ccc2c(c1)CCCO2)C1CCCCN1. The van der Waals surface area contributed by atoms with Gasteiger partial charge in [0.25, 0.3) is 0 Å². The first-order valence-electron chi connectivity index (χ1n) is 7.13. The van der Waals surface area contributed by atoms with E-state index in [9.17, 15) is 4.79 Å². The van der Waals surface area contributed by atoms with Gasteiger partial charge in [0, 0.05) is 5.69 Å². The summed E-state index contributed by atoms with van der Waals surface area (Å²) in [7, 11) is 0. The maximum Gasteiger partial charge on any atom is 0.241 e. The second kappa shape index (κ2) is 6.95. The van der Waals surface area contributed by atoms with Crippen molar-refractivity contribution in [3.63, 3.8) is 0 Å². The second-order valence-electron chi connectivity index (χ2n) is 5.27. The predicted molar refractivity (Wildman–Crippen MR) is 81.8 cm³/mol. The first-order chi connectivity index (χ1) is 9.33. The number of aryl methyl sites for hydroxylation is 1. The van der Waals surface area contributed by atoms with E-state index >= 15 is 0 Å². The summed E-state index contributed by atoms with van der Waals surface area (Å²) in [5.41, 5.74) is 2.07. The topological polar surface area (TPSA) is 50.4 Å². The number of rotatable bonds is 2. The Kier molecular flexibility index (Phi) is 5.26. The molecule has 1 atom stereocenters. The zero-order chi connectivity index (χ0) is 13.1. The Labute approximate surface area is 125 Å². The van der Waals surface area contributed by atoms with Crippen LogP contribution in [0.4, 0.5) is 5.69 Å². The van der Waals surface area contributed by atoms with Crippen molar-refractivity contribution >= 4 is 24.0 Å². The van der Waals surface area contributed by atoms with E-state index in [0.717, 1.165) is 50.3 Å². The molecule has 1 unspecified atom stereocenters. The van der Waals surface area contributed by atoms with Gasteiger partial charge in [-0.3, -0.25) is 4.79 Å². The first kappa shape index (κ1) is 15.1. The third-order valence-electron chi connectivity index (χ3n) is 3.80. The Hall–Kier alpha value is -1.26. The number of halogens is 1. The summed E-state index contributed by atoms with van der Waals surface area (Å²) in [5.74, 6) is 1.04. The molecule has 0 saturated carbocycles. The van der Waals surface area contributed by atoms with Gasteiger partial charge in [0.2, 0.25) is 5.91 Å². The molecule has 1 amide bonds. The number of hydrogen-bond acceptors (Lipinski definition) is 3. The van der Waals surface area contributed by atoms with Crippen LogP contribution in [0.2, 0.25) is 0 Å². The maximum atomic E-state index is 12.1. The van der Waals surface area contributed by atoms with Gasteiger partial charge in [0.15, 0.2) is 0 Å². The minimum absolute atomic E-state index is 0. The number of piperidine rings is 1. The number of carbonyl (C=O) groups excluding carboxylic acids is 1. The van der Waals surface area contributed by atoms with Crippen LogP contribution in [0.15, 0.2) is 18.2 Å². The first-order valence-corrected chi connectivity index (χ1v) is 7.13. The predicted octanol–water partition coefficient (Wildman–Crippen LogP) is 2.51. The summed E-state index contributed by atoms with van der Waals surface area (Å²) in [5, 5.41) is 6.27. The molecule has 2 heterocycles. The Morgan fingerprint density at radius 3 is 3.00 bits per heavy atom. The van der Waals surface area contributed by atoms with E-state index in [-0.39, 0.29) is 24.4 Å². The number of carbonyl (C=O) groups is 1. The quantitative estimate of drug-likeness (QED) is 0.882.